The molecule has 19 heavy (non-hydrogen) atoms. The number of hydrogen-bond donors (Lipinski definition) is 0. The van der Waals surface area contributed by atoms with E-state index in [0.29, 0.717) is 16.6 Å². The molecule has 0 N–H and O–H groups in total. The molecule has 3 aromatic rings. The molecule has 0 bridgehead atoms. The van der Waals surface area contributed by atoms with E-state index in [0.717, 1.165) is 11.1 Å². The van der Waals surface area contributed by atoms with Gasteiger partial charge in [-0.05, 0) is 24.6 Å². The number of para-hydroxylation sites is 1. The van der Waals surface area contributed by atoms with Crippen LogP contribution in [0.2, 0.25) is 0 Å². The molecular formula is C16H12N2O. The van der Waals surface area contributed by atoms with Crippen molar-refractivity contribution in [1.82, 2.24) is 9.97 Å². The first-order chi connectivity index (χ1) is 9.27. The summed E-state index contributed by atoms with van der Waals surface area (Å²) in [6.07, 6.45) is 3.24. The second kappa shape index (κ2) is 4.61. The Morgan fingerprint density at radius 3 is 2.47 bits per heavy atom. The minimum absolute atomic E-state index is 0.01000. The molecule has 0 radical (unpaired) electrons. The van der Waals surface area contributed by atoms with E-state index in [2.05, 4.69) is 9.97 Å². The summed E-state index contributed by atoms with van der Waals surface area (Å²) in [4.78, 5) is 21.1. The number of benzene rings is 2. The van der Waals surface area contributed by atoms with Crippen molar-refractivity contribution in [3.05, 3.63) is 71.5 Å². The molecule has 92 valence electrons. The molecule has 0 aliphatic rings. The van der Waals surface area contributed by atoms with Crippen molar-refractivity contribution in [3.63, 3.8) is 0 Å². The average Bonchev–Trinajstić information content (AvgIpc) is 2.46. The molecule has 3 heteroatoms. The Bertz CT molecular complexity index is 760. The number of fused-ring (bicyclic) bond motifs is 1. The van der Waals surface area contributed by atoms with Gasteiger partial charge in [-0.3, -0.25) is 14.8 Å². The third-order valence-corrected chi connectivity index (χ3v) is 3.13. The second-order valence-electron chi connectivity index (χ2n) is 4.37. The van der Waals surface area contributed by atoms with Crippen LogP contribution in [0.4, 0.5) is 0 Å². The van der Waals surface area contributed by atoms with Gasteiger partial charge in [0.1, 0.15) is 0 Å². The number of carbonyl (C=O) groups excluding carboxylic acids is 1. The molecule has 0 saturated heterocycles. The highest BCUT2D eigenvalue weighted by molar-refractivity contribution is 6.15. The van der Waals surface area contributed by atoms with E-state index in [1.54, 1.807) is 18.5 Å². The highest BCUT2D eigenvalue weighted by atomic mass is 16.1. The van der Waals surface area contributed by atoms with Crippen LogP contribution >= 0.6 is 0 Å². The third kappa shape index (κ3) is 1.99. The summed E-state index contributed by atoms with van der Waals surface area (Å²) in [5, 5.41) is 0. The SMILES string of the molecule is Cc1ccccc1C(=O)c1cccc2nccnc12. The van der Waals surface area contributed by atoms with Gasteiger partial charge in [0.25, 0.3) is 0 Å². The van der Waals surface area contributed by atoms with Gasteiger partial charge in [-0.2, -0.15) is 0 Å². The van der Waals surface area contributed by atoms with Crippen LogP contribution < -0.4 is 0 Å². The van der Waals surface area contributed by atoms with Crippen LogP contribution in [0.15, 0.2) is 54.9 Å². The number of carbonyl (C=O) groups is 1. The average molecular weight is 248 g/mol. The Morgan fingerprint density at radius 1 is 0.895 bits per heavy atom. The fourth-order valence-electron chi connectivity index (χ4n) is 2.15. The highest BCUT2D eigenvalue weighted by Gasteiger charge is 2.14. The first kappa shape index (κ1) is 11.5. The predicted octanol–water partition coefficient (Wildman–Crippen LogP) is 3.17. The van der Waals surface area contributed by atoms with Crippen molar-refractivity contribution in [3.8, 4) is 0 Å². The summed E-state index contributed by atoms with van der Waals surface area (Å²) in [5.41, 5.74) is 3.66. The first-order valence-corrected chi connectivity index (χ1v) is 6.07. The number of aryl methyl sites for hydroxylation is 1. The number of nitrogens with zero attached hydrogens (tertiary/aromatic N) is 2. The molecular weight excluding hydrogens is 236 g/mol. The zero-order valence-electron chi connectivity index (χ0n) is 10.5. The van der Waals surface area contributed by atoms with Gasteiger partial charge in [-0.25, -0.2) is 0 Å². The van der Waals surface area contributed by atoms with Crippen molar-refractivity contribution >= 4 is 16.8 Å². The standard InChI is InChI=1S/C16H12N2O/c1-11-5-2-3-6-12(11)16(19)13-7-4-8-14-15(13)18-10-9-17-14/h2-10H,1H3. The van der Waals surface area contributed by atoms with Crippen molar-refractivity contribution in [1.29, 1.82) is 0 Å². The minimum atomic E-state index is -0.01000. The smallest absolute Gasteiger partial charge is 0.195 e. The Kier molecular flexibility index (Phi) is 2.80. The molecule has 3 nitrogen and oxygen atoms in total. The molecule has 0 aliphatic heterocycles. The van der Waals surface area contributed by atoms with Crippen LogP contribution in [-0.4, -0.2) is 15.8 Å². The lowest BCUT2D eigenvalue weighted by Crippen LogP contribution is -2.05. The van der Waals surface area contributed by atoms with Gasteiger partial charge in [0.05, 0.1) is 16.6 Å². The lowest BCUT2D eigenvalue weighted by atomic mass is 9.98. The molecule has 3 rings (SSSR count). The van der Waals surface area contributed by atoms with E-state index in [4.69, 9.17) is 0 Å². The number of ketones is 1. The van der Waals surface area contributed by atoms with Gasteiger partial charge >= 0.3 is 0 Å². The van der Waals surface area contributed by atoms with Gasteiger partial charge in [0.2, 0.25) is 0 Å². The maximum atomic E-state index is 12.6. The summed E-state index contributed by atoms with van der Waals surface area (Å²) >= 11 is 0. The monoisotopic (exact) mass is 248 g/mol. The molecule has 2 aromatic carbocycles. The van der Waals surface area contributed by atoms with Crippen LogP contribution in [-0.2, 0) is 0 Å². The summed E-state index contributed by atoms with van der Waals surface area (Å²) < 4.78 is 0. The third-order valence-electron chi connectivity index (χ3n) is 3.13. The fourth-order valence-corrected chi connectivity index (χ4v) is 2.15. The van der Waals surface area contributed by atoms with Gasteiger partial charge < -0.3 is 0 Å². The second-order valence-corrected chi connectivity index (χ2v) is 4.37. The van der Waals surface area contributed by atoms with Crippen LogP contribution in [0.25, 0.3) is 11.0 Å². The Hall–Kier alpha value is -2.55. The number of aromatic nitrogens is 2. The summed E-state index contributed by atoms with van der Waals surface area (Å²) in [6, 6.07) is 13.1. The predicted molar refractivity (Wildman–Crippen MR) is 74.1 cm³/mol. The normalized spacial score (nSPS) is 10.6. The van der Waals surface area contributed by atoms with E-state index in [9.17, 15) is 4.79 Å². The highest BCUT2D eigenvalue weighted by Crippen LogP contribution is 2.19. The number of hydrogen-bond acceptors (Lipinski definition) is 3. The van der Waals surface area contributed by atoms with E-state index < -0.39 is 0 Å². The molecule has 0 spiro atoms. The van der Waals surface area contributed by atoms with Crippen molar-refractivity contribution in [2.75, 3.05) is 0 Å². The van der Waals surface area contributed by atoms with Gasteiger partial charge in [0.15, 0.2) is 5.78 Å². The molecule has 1 aromatic heterocycles. The maximum Gasteiger partial charge on any atom is 0.195 e. The lowest BCUT2D eigenvalue weighted by molar-refractivity contribution is 0.103. The molecule has 0 saturated carbocycles. The van der Waals surface area contributed by atoms with Crippen LogP contribution in [0, 0.1) is 6.92 Å². The quantitative estimate of drug-likeness (QED) is 0.654. The fraction of sp³-hybridized carbons (Fsp3) is 0.0625. The molecule has 1 heterocycles. The zero-order chi connectivity index (χ0) is 13.2. The maximum absolute atomic E-state index is 12.6. The number of rotatable bonds is 2. The Morgan fingerprint density at radius 2 is 1.63 bits per heavy atom. The lowest BCUT2D eigenvalue weighted by Gasteiger charge is -2.06. The van der Waals surface area contributed by atoms with Gasteiger partial charge in [0, 0.05) is 18.0 Å². The van der Waals surface area contributed by atoms with Crippen LogP contribution in [0.1, 0.15) is 21.5 Å². The molecule has 0 amide bonds. The van der Waals surface area contributed by atoms with Crippen molar-refractivity contribution in [2.24, 2.45) is 0 Å². The summed E-state index contributed by atoms with van der Waals surface area (Å²) in [6.45, 7) is 1.93. The van der Waals surface area contributed by atoms with Gasteiger partial charge in [-0.1, -0.05) is 30.3 Å². The van der Waals surface area contributed by atoms with E-state index in [-0.39, 0.29) is 5.78 Å². The molecule has 0 unspecified atom stereocenters. The van der Waals surface area contributed by atoms with E-state index in [1.807, 2.05) is 43.3 Å². The van der Waals surface area contributed by atoms with E-state index in [1.165, 1.54) is 0 Å². The summed E-state index contributed by atoms with van der Waals surface area (Å²) in [5.74, 6) is -0.01000. The van der Waals surface area contributed by atoms with Crippen molar-refractivity contribution < 1.29 is 4.79 Å². The Balaban J connectivity index is 2.20. The topological polar surface area (TPSA) is 42.9 Å². The molecule has 0 atom stereocenters. The molecule has 0 aliphatic carbocycles. The molecule has 0 fully saturated rings. The first-order valence-electron chi connectivity index (χ1n) is 6.07. The van der Waals surface area contributed by atoms with E-state index >= 15 is 0 Å². The van der Waals surface area contributed by atoms with Crippen LogP contribution in [0.3, 0.4) is 0 Å². The zero-order valence-corrected chi connectivity index (χ0v) is 10.5. The summed E-state index contributed by atoms with van der Waals surface area (Å²) in [7, 11) is 0. The Labute approximate surface area is 111 Å². The van der Waals surface area contributed by atoms with Crippen LogP contribution in [0.5, 0.6) is 0 Å². The minimum Gasteiger partial charge on any atom is -0.289 e. The van der Waals surface area contributed by atoms with Gasteiger partial charge in [-0.15, -0.1) is 0 Å². The van der Waals surface area contributed by atoms with Crippen molar-refractivity contribution in [2.45, 2.75) is 6.92 Å². The largest absolute Gasteiger partial charge is 0.289 e.